The van der Waals surface area contributed by atoms with Gasteiger partial charge < -0.3 is 0 Å². The van der Waals surface area contributed by atoms with Crippen LogP contribution in [0.5, 0.6) is 0 Å². The third-order valence-electron chi connectivity index (χ3n) is 6.08. The zero-order valence-electron chi connectivity index (χ0n) is 13.8. The second-order valence-corrected chi connectivity index (χ2v) is 13.5. The Morgan fingerprint density at radius 3 is 1.79 bits per heavy atom. The fourth-order valence-corrected chi connectivity index (χ4v) is 10.4. The molecule has 1 heteroatoms. The van der Waals surface area contributed by atoms with Gasteiger partial charge in [-0.15, -0.1) is 11.5 Å². The molecule has 0 aromatic heterocycles. The smallest absolute Gasteiger partial charge is 0.130 e. The van der Waals surface area contributed by atoms with Gasteiger partial charge in [0.05, 0.1) is 0 Å². The van der Waals surface area contributed by atoms with Gasteiger partial charge in [0.15, 0.2) is 0 Å². The predicted octanol–water partition coefficient (Wildman–Crippen LogP) is 5.64. The van der Waals surface area contributed by atoms with E-state index >= 15 is 0 Å². The number of rotatable bonds is 3. The second-order valence-electron chi connectivity index (χ2n) is 7.95. The maximum Gasteiger partial charge on any atom is 0.145 e. The van der Waals surface area contributed by atoms with E-state index in [0.717, 1.165) is 34.4 Å². The van der Waals surface area contributed by atoms with Crippen molar-refractivity contribution in [1.82, 2.24) is 0 Å². The Morgan fingerprint density at radius 1 is 0.842 bits per heavy atom. The maximum atomic E-state index is 3.95. The summed E-state index contributed by atoms with van der Waals surface area (Å²) in [6.45, 7) is 14.5. The minimum absolute atomic E-state index is 0.752. The first-order valence-corrected chi connectivity index (χ1v) is 10.6. The lowest BCUT2D eigenvalue weighted by molar-refractivity contribution is 0.406. The molecule has 0 aliphatic heterocycles. The van der Waals surface area contributed by atoms with Crippen molar-refractivity contribution in [3.63, 3.8) is 0 Å². The van der Waals surface area contributed by atoms with Gasteiger partial charge in [-0.2, -0.15) is 0 Å². The van der Waals surface area contributed by atoms with Crippen molar-refractivity contribution in [3.8, 4) is 11.5 Å². The first-order chi connectivity index (χ1) is 8.87. The molecule has 2 fully saturated rings. The zero-order chi connectivity index (χ0) is 14.2. The molecule has 0 nitrogen and oxygen atoms in total. The van der Waals surface area contributed by atoms with Crippen molar-refractivity contribution < 1.29 is 0 Å². The van der Waals surface area contributed by atoms with Gasteiger partial charge in [0.2, 0.25) is 0 Å². The van der Waals surface area contributed by atoms with E-state index in [2.05, 4.69) is 53.0 Å². The standard InChI is InChI=1S/C18H32Si/c1-13(2)19(14(3)4,15(5)6)10-9-18-12-16-7-8-17(18)11-16/h13-18H,7-8,11-12H2,1-6H3. The normalized spacial score (nSPS) is 30.3. The van der Waals surface area contributed by atoms with Gasteiger partial charge in [0.25, 0.3) is 0 Å². The lowest BCUT2D eigenvalue weighted by atomic mass is 9.90. The first-order valence-electron chi connectivity index (χ1n) is 8.40. The maximum absolute atomic E-state index is 3.95. The molecule has 2 aliphatic rings. The van der Waals surface area contributed by atoms with E-state index in [1.807, 2.05) is 0 Å². The molecule has 0 radical (unpaired) electrons. The summed E-state index contributed by atoms with van der Waals surface area (Å²) in [6, 6.07) is 0. The van der Waals surface area contributed by atoms with E-state index in [0.29, 0.717) is 0 Å². The van der Waals surface area contributed by atoms with Crippen molar-refractivity contribution in [3.05, 3.63) is 0 Å². The Balaban J connectivity index is 2.21. The molecular formula is C18H32Si. The summed E-state index contributed by atoms with van der Waals surface area (Å²) in [5, 5.41) is 0. The lowest BCUT2D eigenvalue weighted by Gasteiger charge is -2.38. The monoisotopic (exact) mass is 276 g/mol. The van der Waals surface area contributed by atoms with Gasteiger partial charge in [0, 0.05) is 5.92 Å². The van der Waals surface area contributed by atoms with Gasteiger partial charge in [-0.05, 0) is 47.7 Å². The summed E-state index contributed by atoms with van der Waals surface area (Å²) < 4.78 is 0. The predicted molar refractivity (Wildman–Crippen MR) is 87.8 cm³/mol. The molecule has 2 bridgehead atoms. The average molecular weight is 277 g/mol. The largest absolute Gasteiger partial charge is 0.145 e. The van der Waals surface area contributed by atoms with Crippen LogP contribution in [0.2, 0.25) is 16.6 Å². The van der Waals surface area contributed by atoms with Crippen molar-refractivity contribution in [2.45, 2.75) is 83.8 Å². The van der Waals surface area contributed by atoms with Crippen molar-refractivity contribution in [1.29, 1.82) is 0 Å². The molecule has 108 valence electrons. The molecule has 0 amide bonds. The average Bonchev–Trinajstić information content (AvgIpc) is 2.90. The molecular weight excluding hydrogens is 244 g/mol. The molecule has 19 heavy (non-hydrogen) atoms. The zero-order valence-corrected chi connectivity index (χ0v) is 14.8. The fourth-order valence-electron chi connectivity index (χ4n) is 5.07. The van der Waals surface area contributed by atoms with Crippen LogP contribution in [0, 0.1) is 29.2 Å². The van der Waals surface area contributed by atoms with Crippen LogP contribution in [-0.4, -0.2) is 8.07 Å². The Kier molecular flexibility index (Phi) is 4.51. The van der Waals surface area contributed by atoms with Crippen molar-refractivity contribution in [2.24, 2.45) is 17.8 Å². The van der Waals surface area contributed by atoms with Crippen LogP contribution in [0.4, 0.5) is 0 Å². The molecule has 0 aromatic carbocycles. The minimum atomic E-state index is -1.48. The van der Waals surface area contributed by atoms with Crippen LogP contribution in [0.1, 0.15) is 67.2 Å². The van der Waals surface area contributed by atoms with Crippen LogP contribution in [0.15, 0.2) is 0 Å². The highest BCUT2D eigenvalue weighted by Crippen LogP contribution is 2.48. The highest BCUT2D eigenvalue weighted by atomic mass is 28.3. The third kappa shape index (κ3) is 2.66. The Labute approximate surface area is 121 Å². The molecule has 3 unspecified atom stereocenters. The van der Waals surface area contributed by atoms with E-state index in [1.165, 1.54) is 25.7 Å². The van der Waals surface area contributed by atoms with Gasteiger partial charge in [-0.3, -0.25) is 0 Å². The van der Waals surface area contributed by atoms with Gasteiger partial charge >= 0.3 is 0 Å². The molecule has 0 heterocycles. The van der Waals surface area contributed by atoms with E-state index in [1.54, 1.807) is 0 Å². The van der Waals surface area contributed by atoms with E-state index in [4.69, 9.17) is 0 Å². The SMILES string of the molecule is CC(C)[Si](C#CC1CC2CCC1C2)(C(C)C)C(C)C. The summed E-state index contributed by atoms with van der Waals surface area (Å²) in [5.41, 5.74) is 6.28. The summed E-state index contributed by atoms with van der Waals surface area (Å²) >= 11 is 0. The summed E-state index contributed by atoms with van der Waals surface area (Å²) in [7, 11) is -1.48. The Morgan fingerprint density at radius 2 is 1.42 bits per heavy atom. The van der Waals surface area contributed by atoms with Crippen LogP contribution in [-0.2, 0) is 0 Å². The summed E-state index contributed by atoms with van der Waals surface area (Å²) in [6.07, 6.45) is 5.85. The lowest BCUT2D eigenvalue weighted by Crippen LogP contribution is -2.43. The molecule has 0 aromatic rings. The van der Waals surface area contributed by atoms with Crippen LogP contribution in [0.25, 0.3) is 0 Å². The second kappa shape index (κ2) is 5.64. The van der Waals surface area contributed by atoms with E-state index in [-0.39, 0.29) is 0 Å². The minimum Gasteiger partial charge on any atom is -0.130 e. The molecule has 3 atom stereocenters. The van der Waals surface area contributed by atoms with E-state index in [9.17, 15) is 0 Å². The van der Waals surface area contributed by atoms with E-state index < -0.39 is 8.07 Å². The third-order valence-corrected chi connectivity index (χ3v) is 12.4. The van der Waals surface area contributed by atoms with Crippen LogP contribution in [0.3, 0.4) is 0 Å². The number of fused-ring (bicyclic) bond motifs is 2. The quantitative estimate of drug-likeness (QED) is 0.462. The number of hydrogen-bond acceptors (Lipinski definition) is 0. The highest BCUT2D eigenvalue weighted by Gasteiger charge is 2.43. The van der Waals surface area contributed by atoms with Gasteiger partial charge in [-0.25, -0.2) is 0 Å². The van der Waals surface area contributed by atoms with Crippen molar-refractivity contribution >= 4 is 8.07 Å². The molecule has 0 spiro atoms. The Bertz CT molecular complexity index is 347. The topological polar surface area (TPSA) is 0 Å². The van der Waals surface area contributed by atoms with Gasteiger partial charge in [0.1, 0.15) is 8.07 Å². The Hall–Kier alpha value is -0.223. The van der Waals surface area contributed by atoms with Crippen molar-refractivity contribution in [2.75, 3.05) is 0 Å². The molecule has 2 aliphatic carbocycles. The molecule has 0 N–H and O–H groups in total. The molecule has 0 saturated heterocycles. The highest BCUT2D eigenvalue weighted by molar-refractivity contribution is 6.90. The molecule has 2 rings (SSSR count). The number of hydrogen-bond donors (Lipinski definition) is 0. The van der Waals surface area contributed by atoms with Crippen LogP contribution >= 0.6 is 0 Å². The summed E-state index contributed by atoms with van der Waals surface area (Å²) in [5.74, 6) is 6.54. The van der Waals surface area contributed by atoms with Gasteiger partial charge in [-0.1, -0.05) is 48.0 Å². The first kappa shape index (κ1) is 15.2. The fraction of sp³-hybridized carbons (Fsp3) is 0.889. The molecule has 2 saturated carbocycles. The summed E-state index contributed by atoms with van der Waals surface area (Å²) in [4.78, 5) is 0. The van der Waals surface area contributed by atoms with Crippen LogP contribution < -0.4 is 0 Å².